The van der Waals surface area contributed by atoms with Gasteiger partial charge in [-0.05, 0) is 128 Å². The molecule has 0 aromatic carbocycles. The fraction of sp³-hybridized carbons (Fsp3) is 0.933. The molecule has 5 saturated carbocycles. The molecule has 5 aliphatic carbocycles. The average Bonchev–Trinajstić information content (AvgIpc) is 3.10. The van der Waals surface area contributed by atoms with Gasteiger partial charge >= 0.3 is 0 Å². The predicted octanol–water partition coefficient (Wildman–Crippen LogP) is 6.85. The summed E-state index contributed by atoms with van der Waals surface area (Å²) < 4.78 is 0. The van der Waals surface area contributed by atoms with E-state index in [0.29, 0.717) is 46.5 Å². The molecule has 182 valence electrons. The van der Waals surface area contributed by atoms with Crippen LogP contribution in [0.25, 0.3) is 0 Å². The van der Waals surface area contributed by atoms with Gasteiger partial charge in [0.25, 0.3) is 0 Å². The topological polar surface area (TPSA) is 40.5 Å². The number of aliphatic hydroxyl groups is 2. The zero-order valence-corrected chi connectivity index (χ0v) is 21.8. The molecule has 0 bridgehead atoms. The summed E-state index contributed by atoms with van der Waals surface area (Å²) in [5.41, 5.74) is 2.54. The maximum atomic E-state index is 10.9. The molecule has 0 saturated heterocycles. The van der Waals surface area contributed by atoms with E-state index in [0.717, 1.165) is 24.2 Å². The average molecular weight is 443 g/mol. The highest BCUT2D eigenvalue weighted by atomic mass is 16.3. The number of fused-ring (bicyclic) bond motifs is 7. The van der Waals surface area contributed by atoms with Gasteiger partial charge < -0.3 is 10.2 Å². The van der Waals surface area contributed by atoms with Crippen molar-refractivity contribution in [2.45, 2.75) is 105 Å². The van der Waals surface area contributed by atoms with E-state index >= 15 is 0 Å². The Labute approximate surface area is 197 Å². The number of hydrogen-bond donors (Lipinski definition) is 2. The standard InChI is InChI=1S/C30H50O2/c1-18(2)21-16-19(17-31)20-10-14-29(6)22(26(20)21)8-9-24-28(5)13-12-25(32)27(3,4)23(28)11-15-30(24,29)7/h19-26,31-32H,1,8-17H2,2-7H3/t19-,20?,21-,22+,23-,24+,25-,26+,28-,29+,30+/m0/s1. The van der Waals surface area contributed by atoms with Crippen molar-refractivity contribution in [3.05, 3.63) is 12.2 Å². The highest BCUT2D eigenvalue weighted by molar-refractivity contribution is 5.20. The molecule has 5 rings (SSSR count). The first-order chi connectivity index (χ1) is 14.9. The van der Waals surface area contributed by atoms with Gasteiger partial charge in [-0.25, -0.2) is 0 Å². The molecule has 2 nitrogen and oxygen atoms in total. The van der Waals surface area contributed by atoms with Crippen molar-refractivity contribution in [1.29, 1.82) is 0 Å². The van der Waals surface area contributed by atoms with Crippen LogP contribution in [0, 0.1) is 63.1 Å². The van der Waals surface area contributed by atoms with Crippen molar-refractivity contribution < 1.29 is 10.2 Å². The normalized spacial score (nSPS) is 56.5. The van der Waals surface area contributed by atoms with Crippen molar-refractivity contribution in [3.8, 4) is 0 Å². The van der Waals surface area contributed by atoms with Crippen molar-refractivity contribution in [2.75, 3.05) is 6.61 Å². The van der Waals surface area contributed by atoms with Crippen LogP contribution in [0.4, 0.5) is 0 Å². The minimum Gasteiger partial charge on any atom is -0.396 e. The fourth-order valence-corrected chi connectivity index (χ4v) is 11.5. The minimum atomic E-state index is -0.141. The molecule has 0 radical (unpaired) electrons. The van der Waals surface area contributed by atoms with E-state index in [9.17, 15) is 10.2 Å². The third-order valence-electron chi connectivity index (χ3n) is 13.4. The van der Waals surface area contributed by atoms with Gasteiger partial charge in [0, 0.05) is 6.61 Å². The van der Waals surface area contributed by atoms with Gasteiger partial charge in [0.15, 0.2) is 0 Å². The Morgan fingerprint density at radius 3 is 2.22 bits per heavy atom. The first-order valence-electron chi connectivity index (χ1n) is 13.9. The van der Waals surface area contributed by atoms with Crippen LogP contribution in [-0.2, 0) is 0 Å². The zero-order valence-electron chi connectivity index (χ0n) is 21.8. The quantitative estimate of drug-likeness (QED) is 0.459. The van der Waals surface area contributed by atoms with E-state index in [1.165, 1.54) is 56.9 Å². The third-order valence-corrected chi connectivity index (χ3v) is 13.4. The fourth-order valence-electron chi connectivity index (χ4n) is 11.5. The van der Waals surface area contributed by atoms with E-state index in [4.69, 9.17) is 0 Å². The highest BCUT2D eigenvalue weighted by Gasteiger charge is 2.69. The summed E-state index contributed by atoms with van der Waals surface area (Å²) in [6.45, 7) is 19.8. The van der Waals surface area contributed by atoms with E-state index in [-0.39, 0.29) is 11.5 Å². The monoisotopic (exact) mass is 442 g/mol. The Morgan fingerprint density at radius 2 is 1.56 bits per heavy atom. The number of allylic oxidation sites excluding steroid dienone is 1. The van der Waals surface area contributed by atoms with Crippen molar-refractivity contribution in [1.82, 2.24) is 0 Å². The first kappa shape index (κ1) is 23.4. The second kappa shape index (κ2) is 7.33. The highest BCUT2D eigenvalue weighted by Crippen LogP contribution is 2.76. The Bertz CT molecular complexity index is 771. The Kier molecular flexibility index (Phi) is 5.36. The molecular formula is C30H50O2. The Hall–Kier alpha value is -0.340. The smallest absolute Gasteiger partial charge is 0.0594 e. The van der Waals surface area contributed by atoms with E-state index in [1.807, 2.05) is 0 Å². The van der Waals surface area contributed by atoms with Crippen molar-refractivity contribution >= 4 is 0 Å². The van der Waals surface area contributed by atoms with E-state index in [1.54, 1.807) is 0 Å². The van der Waals surface area contributed by atoms with E-state index in [2.05, 4.69) is 48.1 Å². The molecule has 0 aromatic heterocycles. The van der Waals surface area contributed by atoms with Gasteiger partial charge in [0.05, 0.1) is 6.10 Å². The lowest BCUT2D eigenvalue weighted by molar-refractivity contribution is -0.241. The summed E-state index contributed by atoms with van der Waals surface area (Å²) in [6, 6.07) is 0. The molecule has 0 aliphatic heterocycles. The SMILES string of the molecule is C=C(C)[C@@H]1C[C@@H](CO)C2CC[C@]3(C)[C@H](CC[C@@H]4[C@@]5(C)CC[C@H](O)C(C)(C)[C@@H]5CC[C@]43C)[C@H]21. The summed E-state index contributed by atoms with van der Waals surface area (Å²) in [6.07, 6.45) is 11.2. The molecule has 5 aliphatic rings. The van der Waals surface area contributed by atoms with Gasteiger partial charge in [-0.1, -0.05) is 46.8 Å². The second-order valence-corrected chi connectivity index (χ2v) is 14.5. The second-order valence-electron chi connectivity index (χ2n) is 14.5. The van der Waals surface area contributed by atoms with Gasteiger partial charge in [0.1, 0.15) is 0 Å². The van der Waals surface area contributed by atoms with Crippen molar-refractivity contribution in [2.24, 2.45) is 63.1 Å². The van der Waals surface area contributed by atoms with Crippen LogP contribution >= 0.6 is 0 Å². The first-order valence-corrected chi connectivity index (χ1v) is 13.9. The van der Waals surface area contributed by atoms with Crippen LogP contribution < -0.4 is 0 Å². The molecule has 0 spiro atoms. The predicted molar refractivity (Wildman–Crippen MR) is 132 cm³/mol. The summed E-state index contributed by atoms with van der Waals surface area (Å²) in [4.78, 5) is 0. The van der Waals surface area contributed by atoms with Crippen LogP contribution in [0.15, 0.2) is 12.2 Å². The summed E-state index contributed by atoms with van der Waals surface area (Å²) in [5, 5.41) is 21.1. The van der Waals surface area contributed by atoms with Crippen LogP contribution in [0.5, 0.6) is 0 Å². The molecule has 5 fully saturated rings. The molecule has 1 unspecified atom stereocenters. The lowest BCUT2D eigenvalue weighted by atomic mass is 9.33. The number of rotatable bonds is 2. The van der Waals surface area contributed by atoms with Crippen LogP contribution in [0.1, 0.15) is 99.3 Å². The van der Waals surface area contributed by atoms with E-state index < -0.39 is 0 Å². The van der Waals surface area contributed by atoms with Gasteiger partial charge in [0.2, 0.25) is 0 Å². The molecule has 32 heavy (non-hydrogen) atoms. The largest absolute Gasteiger partial charge is 0.396 e. The van der Waals surface area contributed by atoms with Crippen LogP contribution in [0.3, 0.4) is 0 Å². The molecular weight excluding hydrogens is 392 g/mol. The number of aliphatic hydroxyl groups excluding tert-OH is 2. The maximum absolute atomic E-state index is 10.9. The molecule has 0 amide bonds. The van der Waals surface area contributed by atoms with Gasteiger partial charge in [-0.15, -0.1) is 0 Å². The van der Waals surface area contributed by atoms with Crippen LogP contribution in [-0.4, -0.2) is 22.9 Å². The minimum absolute atomic E-state index is 0.0363. The third kappa shape index (κ3) is 2.78. The Morgan fingerprint density at radius 1 is 0.875 bits per heavy atom. The molecule has 0 heterocycles. The lowest BCUT2D eigenvalue weighted by Gasteiger charge is -2.72. The summed E-state index contributed by atoms with van der Waals surface area (Å²) >= 11 is 0. The van der Waals surface area contributed by atoms with Crippen molar-refractivity contribution in [3.63, 3.8) is 0 Å². The molecule has 2 heteroatoms. The van der Waals surface area contributed by atoms with Crippen LogP contribution in [0.2, 0.25) is 0 Å². The molecule has 0 aromatic rings. The number of hydrogen-bond acceptors (Lipinski definition) is 2. The summed E-state index contributed by atoms with van der Waals surface area (Å²) in [5.74, 6) is 4.73. The maximum Gasteiger partial charge on any atom is 0.0594 e. The zero-order chi connectivity index (χ0) is 23.3. The Balaban J connectivity index is 1.52. The van der Waals surface area contributed by atoms with Gasteiger partial charge in [-0.3, -0.25) is 0 Å². The molecule has 2 N–H and O–H groups in total. The lowest BCUT2D eigenvalue weighted by Crippen LogP contribution is -2.66. The molecule has 11 atom stereocenters. The van der Waals surface area contributed by atoms with Gasteiger partial charge in [-0.2, -0.15) is 0 Å². The summed E-state index contributed by atoms with van der Waals surface area (Å²) in [7, 11) is 0.